The average molecular weight is 490 g/mol. The van der Waals surface area contributed by atoms with Crippen molar-refractivity contribution in [2.45, 2.75) is 31.8 Å². The molecule has 0 unspecified atom stereocenters. The van der Waals surface area contributed by atoms with E-state index in [9.17, 15) is 22.8 Å². The lowest BCUT2D eigenvalue weighted by molar-refractivity contribution is -0.128. The van der Waals surface area contributed by atoms with E-state index >= 15 is 0 Å². The molecule has 0 aromatic heterocycles. The number of carbonyl (C=O) groups excluding carboxylic acids is 3. The zero-order chi connectivity index (χ0) is 25.0. The number of hydrogen-bond donors (Lipinski definition) is 1. The van der Waals surface area contributed by atoms with E-state index in [0.29, 0.717) is 11.4 Å². The molecule has 0 spiro atoms. The number of anilines is 2. The Morgan fingerprint density at radius 1 is 1.15 bits per heavy atom. The van der Waals surface area contributed by atoms with E-state index in [4.69, 9.17) is 9.47 Å². The van der Waals surface area contributed by atoms with E-state index in [1.165, 1.54) is 41.4 Å². The minimum atomic E-state index is -3.92. The van der Waals surface area contributed by atoms with Gasteiger partial charge in [-0.1, -0.05) is 26.0 Å². The van der Waals surface area contributed by atoms with Gasteiger partial charge in [0.05, 0.1) is 24.0 Å². The third-order valence-electron chi connectivity index (χ3n) is 5.39. The number of rotatable bonds is 8. The van der Waals surface area contributed by atoms with E-state index in [0.717, 1.165) is 0 Å². The van der Waals surface area contributed by atoms with Crippen LogP contribution in [0.4, 0.5) is 11.4 Å². The number of nitrogens with zero attached hydrogens (tertiary/aromatic N) is 2. The highest BCUT2D eigenvalue weighted by molar-refractivity contribution is 7.89. The SMILES string of the molecule is CCN(CC)S(=O)(=O)c1cc(C(=O)O[C@H](C)C(=O)N2CC(=O)Nc3ccccc32)ccc1OC. The molecular formula is C23H27N3O7S. The van der Waals surface area contributed by atoms with Crippen LogP contribution in [0.5, 0.6) is 5.75 Å². The Morgan fingerprint density at radius 2 is 1.82 bits per heavy atom. The smallest absolute Gasteiger partial charge is 0.338 e. The number of methoxy groups -OCH3 is 1. The molecule has 0 saturated heterocycles. The van der Waals surface area contributed by atoms with Crippen LogP contribution in [-0.4, -0.2) is 63.4 Å². The van der Waals surface area contributed by atoms with Crippen molar-refractivity contribution in [2.24, 2.45) is 0 Å². The van der Waals surface area contributed by atoms with Crippen molar-refractivity contribution in [1.82, 2.24) is 4.31 Å². The maximum absolute atomic E-state index is 13.0. The highest BCUT2D eigenvalue weighted by atomic mass is 32.2. The Balaban J connectivity index is 1.85. The Kier molecular flexibility index (Phi) is 7.57. The largest absolute Gasteiger partial charge is 0.495 e. The third-order valence-corrected chi connectivity index (χ3v) is 7.46. The molecule has 1 aliphatic heterocycles. The van der Waals surface area contributed by atoms with Crippen molar-refractivity contribution in [3.05, 3.63) is 48.0 Å². The van der Waals surface area contributed by atoms with Crippen LogP contribution < -0.4 is 15.0 Å². The number of hydrogen-bond acceptors (Lipinski definition) is 7. The monoisotopic (exact) mass is 489 g/mol. The van der Waals surface area contributed by atoms with Crippen LogP contribution in [0, 0.1) is 0 Å². The Hall–Kier alpha value is -3.44. The van der Waals surface area contributed by atoms with E-state index in [2.05, 4.69) is 5.32 Å². The van der Waals surface area contributed by atoms with Crippen molar-refractivity contribution >= 4 is 39.2 Å². The third kappa shape index (κ3) is 4.90. The molecule has 1 aliphatic rings. The van der Waals surface area contributed by atoms with Gasteiger partial charge in [0.25, 0.3) is 5.91 Å². The maximum Gasteiger partial charge on any atom is 0.338 e. The van der Waals surface area contributed by atoms with Gasteiger partial charge in [-0.05, 0) is 37.3 Å². The summed E-state index contributed by atoms with van der Waals surface area (Å²) in [6.45, 7) is 5.08. The molecule has 2 aromatic rings. The van der Waals surface area contributed by atoms with Gasteiger partial charge >= 0.3 is 5.97 Å². The molecular weight excluding hydrogens is 462 g/mol. The fraction of sp³-hybridized carbons (Fsp3) is 0.348. The van der Waals surface area contributed by atoms with Gasteiger partial charge in [0.2, 0.25) is 15.9 Å². The van der Waals surface area contributed by atoms with Gasteiger partial charge in [-0.25, -0.2) is 13.2 Å². The molecule has 0 fully saturated rings. The molecule has 0 bridgehead atoms. The first kappa shape index (κ1) is 25.2. The van der Waals surface area contributed by atoms with E-state index in [1.807, 2.05) is 0 Å². The Bertz CT molecular complexity index is 1210. The Morgan fingerprint density at radius 3 is 2.47 bits per heavy atom. The fourth-order valence-electron chi connectivity index (χ4n) is 3.64. The van der Waals surface area contributed by atoms with Gasteiger partial charge in [0.1, 0.15) is 17.2 Å². The summed E-state index contributed by atoms with van der Waals surface area (Å²) in [4.78, 5) is 38.9. The number of carbonyl (C=O) groups is 3. The van der Waals surface area contributed by atoms with E-state index in [1.54, 1.807) is 38.1 Å². The topological polar surface area (TPSA) is 122 Å². The molecule has 0 saturated carbocycles. The van der Waals surface area contributed by atoms with E-state index in [-0.39, 0.29) is 41.7 Å². The van der Waals surface area contributed by atoms with Crippen molar-refractivity contribution in [2.75, 3.05) is 37.0 Å². The standard InChI is InChI=1S/C23H27N3O7S/c1-5-25(6-2)34(30,31)20-13-16(11-12-19(20)32-4)23(29)33-15(3)22(28)26-14-21(27)24-17-9-7-8-10-18(17)26/h7-13,15H,5-6,14H2,1-4H3,(H,24,27)/t15-/m1/s1. The van der Waals surface area contributed by atoms with Gasteiger partial charge < -0.3 is 14.8 Å². The second kappa shape index (κ2) is 10.2. The quantitative estimate of drug-likeness (QED) is 0.564. The summed E-state index contributed by atoms with van der Waals surface area (Å²) in [6.07, 6.45) is -1.23. The summed E-state index contributed by atoms with van der Waals surface area (Å²) in [5.74, 6) is -1.75. The van der Waals surface area contributed by atoms with E-state index < -0.39 is 28.0 Å². The number of fused-ring (bicyclic) bond motifs is 1. The zero-order valence-electron chi connectivity index (χ0n) is 19.4. The summed E-state index contributed by atoms with van der Waals surface area (Å²) in [6, 6.07) is 10.7. The van der Waals surface area contributed by atoms with Gasteiger partial charge in [-0.3, -0.25) is 14.5 Å². The lowest BCUT2D eigenvalue weighted by Gasteiger charge is -2.30. The number of ether oxygens (including phenoxy) is 2. The predicted molar refractivity (Wildman–Crippen MR) is 125 cm³/mol. The molecule has 1 heterocycles. The number of esters is 1. The minimum Gasteiger partial charge on any atom is -0.495 e. The molecule has 0 radical (unpaired) electrons. The lowest BCUT2D eigenvalue weighted by Crippen LogP contribution is -2.47. The summed E-state index contributed by atoms with van der Waals surface area (Å²) >= 11 is 0. The van der Waals surface area contributed by atoms with Crippen LogP contribution in [0.1, 0.15) is 31.1 Å². The molecule has 34 heavy (non-hydrogen) atoms. The zero-order valence-corrected chi connectivity index (χ0v) is 20.2. The van der Waals surface area contributed by atoms with Crippen LogP contribution in [0.15, 0.2) is 47.4 Å². The first-order valence-electron chi connectivity index (χ1n) is 10.7. The van der Waals surface area contributed by atoms with Crippen LogP contribution in [0.2, 0.25) is 0 Å². The summed E-state index contributed by atoms with van der Waals surface area (Å²) < 4.78 is 37.8. The highest BCUT2D eigenvalue weighted by Crippen LogP contribution is 2.30. The average Bonchev–Trinajstić information content (AvgIpc) is 2.83. The molecule has 0 aliphatic carbocycles. The fourth-order valence-corrected chi connectivity index (χ4v) is 5.28. The first-order valence-corrected chi connectivity index (χ1v) is 12.2. The highest BCUT2D eigenvalue weighted by Gasteiger charge is 2.32. The van der Waals surface area contributed by atoms with Gasteiger partial charge in [-0.15, -0.1) is 0 Å². The summed E-state index contributed by atoms with van der Waals surface area (Å²) in [5, 5.41) is 2.69. The second-order valence-electron chi connectivity index (χ2n) is 7.49. The van der Waals surface area contributed by atoms with Gasteiger partial charge in [0.15, 0.2) is 6.10 Å². The van der Waals surface area contributed by atoms with Gasteiger partial charge in [-0.2, -0.15) is 4.31 Å². The van der Waals surface area contributed by atoms with Crippen LogP contribution in [0.3, 0.4) is 0 Å². The van der Waals surface area contributed by atoms with Crippen LogP contribution >= 0.6 is 0 Å². The normalized spacial score (nSPS) is 14.3. The molecule has 182 valence electrons. The molecule has 11 heteroatoms. The summed E-state index contributed by atoms with van der Waals surface area (Å²) in [7, 11) is -2.59. The second-order valence-corrected chi connectivity index (χ2v) is 9.40. The number of nitrogens with one attached hydrogen (secondary N) is 1. The number of para-hydroxylation sites is 2. The number of amides is 2. The summed E-state index contributed by atoms with van der Waals surface area (Å²) in [5.41, 5.74) is 0.919. The molecule has 2 aromatic carbocycles. The van der Waals surface area contributed by atoms with Crippen molar-refractivity contribution in [3.8, 4) is 5.75 Å². The first-order chi connectivity index (χ1) is 16.1. The molecule has 1 N–H and O–H groups in total. The van der Waals surface area contributed by atoms with Gasteiger partial charge in [0, 0.05) is 13.1 Å². The molecule has 3 rings (SSSR count). The van der Waals surface area contributed by atoms with Crippen LogP contribution in [0.25, 0.3) is 0 Å². The minimum absolute atomic E-state index is 0.0528. The maximum atomic E-state index is 13.0. The van der Waals surface area contributed by atoms with Crippen molar-refractivity contribution in [3.63, 3.8) is 0 Å². The molecule has 2 amide bonds. The van der Waals surface area contributed by atoms with Crippen LogP contribution in [-0.2, 0) is 24.3 Å². The molecule has 1 atom stereocenters. The van der Waals surface area contributed by atoms with Crippen molar-refractivity contribution < 1.29 is 32.3 Å². The Labute approximate surface area is 198 Å². The predicted octanol–water partition coefficient (Wildman–Crippen LogP) is 2.26. The van der Waals surface area contributed by atoms with Crippen molar-refractivity contribution in [1.29, 1.82) is 0 Å². The number of benzene rings is 2. The lowest BCUT2D eigenvalue weighted by atomic mass is 10.1. The molecule has 10 nitrogen and oxygen atoms in total. The number of sulfonamides is 1.